The van der Waals surface area contributed by atoms with E-state index in [1.165, 1.54) is 56.3 Å². The van der Waals surface area contributed by atoms with Crippen molar-refractivity contribution < 1.29 is 0 Å². The molecule has 1 spiro atoms. The molecule has 0 radical (unpaired) electrons. The van der Waals surface area contributed by atoms with Crippen LogP contribution in [0.4, 0.5) is 0 Å². The zero-order valence-corrected chi connectivity index (χ0v) is 17.3. The molecule has 2 aliphatic carbocycles. The fourth-order valence-electron chi connectivity index (χ4n) is 4.45. The van der Waals surface area contributed by atoms with Gasteiger partial charge < -0.3 is 10.2 Å². The van der Waals surface area contributed by atoms with Crippen molar-refractivity contribution in [3.63, 3.8) is 0 Å². The van der Waals surface area contributed by atoms with E-state index in [0.717, 1.165) is 12.5 Å². The molecule has 3 nitrogen and oxygen atoms in total. The standard InChI is InChI=1S/C20H29N3.HI/c1-3-21-19(23-12-11-20(14-23)9-6-10-20)22-18-13-17(18)16-8-5-4-7-15(16)2;/h4-5,7-8,17-18H,3,6,9-14H2,1-2H3,(H,21,22);1H. The molecule has 3 fully saturated rings. The molecule has 0 amide bonds. The number of benzene rings is 1. The van der Waals surface area contributed by atoms with E-state index in [9.17, 15) is 0 Å². The molecule has 1 N–H and O–H groups in total. The number of aliphatic imine (C=N–C) groups is 1. The number of nitrogens with one attached hydrogen (secondary N) is 1. The molecule has 1 heterocycles. The molecule has 0 aromatic heterocycles. The predicted octanol–water partition coefficient (Wildman–Crippen LogP) is 4.31. The van der Waals surface area contributed by atoms with Gasteiger partial charge in [-0.05, 0) is 56.1 Å². The molecule has 1 aromatic rings. The van der Waals surface area contributed by atoms with Crippen LogP contribution in [0.3, 0.4) is 0 Å². The van der Waals surface area contributed by atoms with Gasteiger partial charge in [-0.2, -0.15) is 0 Å². The largest absolute Gasteiger partial charge is 0.353 e. The van der Waals surface area contributed by atoms with Gasteiger partial charge in [-0.15, -0.1) is 24.0 Å². The minimum atomic E-state index is 0. The summed E-state index contributed by atoms with van der Waals surface area (Å²) in [5.74, 6) is 1.83. The Morgan fingerprint density at radius 3 is 2.71 bits per heavy atom. The Bertz CT molecular complexity index is 609. The molecule has 2 saturated carbocycles. The molecular formula is C20H30IN3. The van der Waals surface area contributed by atoms with E-state index in [1.807, 2.05) is 0 Å². The van der Waals surface area contributed by atoms with Gasteiger partial charge >= 0.3 is 0 Å². The van der Waals surface area contributed by atoms with Gasteiger partial charge in [0.05, 0.1) is 0 Å². The van der Waals surface area contributed by atoms with Gasteiger partial charge in [0.1, 0.15) is 0 Å². The molecule has 0 bridgehead atoms. The number of nitrogens with zero attached hydrogens (tertiary/aromatic N) is 2. The summed E-state index contributed by atoms with van der Waals surface area (Å²) in [5, 5.41) is 3.77. The summed E-state index contributed by atoms with van der Waals surface area (Å²) >= 11 is 0. The molecule has 24 heavy (non-hydrogen) atoms. The maximum atomic E-state index is 4.79. The Balaban J connectivity index is 0.00000169. The third kappa shape index (κ3) is 3.44. The topological polar surface area (TPSA) is 27.6 Å². The van der Waals surface area contributed by atoms with E-state index in [0.29, 0.717) is 17.4 Å². The minimum absolute atomic E-state index is 0. The van der Waals surface area contributed by atoms with Crippen molar-refractivity contribution in [2.75, 3.05) is 19.6 Å². The number of likely N-dealkylation sites (tertiary alicyclic amines) is 1. The highest BCUT2D eigenvalue weighted by Crippen LogP contribution is 2.48. The van der Waals surface area contributed by atoms with Crippen LogP contribution in [0.25, 0.3) is 0 Å². The highest BCUT2D eigenvalue weighted by atomic mass is 127. The van der Waals surface area contributed by atoms with Crippen molar-refractivity contribution in [2.24, 2.45) is 10.4 Å². The lowest BCUT2D eigenvalue weighted by Crippen LogP contribution is -2.43. The van der Waals surface area contributed by atoms with Gasteiger partial charge in [-0.1, -0.05) is 30.7 Å². The fourth-order valence-corrected chi connectivity index (χ4v) is 4.45. The summed E-state index contributed by atoms with van der Waals surface area (Å²) in [6, 6.07) is 9.39. The van der Waals surface area contributed by atoms with Crippen LogP contribution in [0.1, 0.15) is 56.1 Å². The van der Waals surface area contributed by atoms with E-state index in [2.05, 4.69) is 48.3 Å². The second kappa shape index (κ2) is 7.22. The Labute approximate surface area is 163 Å². The van der Waals surface area contributed by atoms with Gasteiger partial charge in [0.15, 0.2) is 5.96 Å². The first kappa shape index (κ1) is 18.0. The van der Waals surface area contributed by atoms with Crippen LogP contribution in [-0.2, 0) is 0 Å². The molecule has 2 atom stereocenters. The second-order valence-corrected chi connectivity index (χ2v) is 7.77. The van der Waals surface area contributed by atoms with Crippen molar-refractivity contribution in [3.05, 3.63) is 35.4 Å². The first-order valence-corrected chi connectivity index (χ1v) is 9.32. The Morgan fingerprint density at radius 1 is 1.29 bits per heavy atom. The third-order valence-corrected chi connectivity index (χ3v) is 6.15. The molecule has 2 unspecified atom stereocenters. The molecular weight excluding hydrogens is 409 g/mol. The van der Waals surface area contributed by atoms with Crippen LogP contribution < -0.4 is 5.32 Å². The van der Waals surface area contributed by atoms with Crippen molar-refractivity contribution in [2.45, 2.75) is 57.9 Å². The van der Waals surface area contributed by atoms with Crippen molar-refractivity contribution >= 4 is 29.9 Å². The lowest BCUT2D eigenvalue weighted by molar-refractivity contribution is 0.151. The number of rotatable bonds is 3. The molecule has 4 rings (SSSR count). The summed E-state index contributed by atoms with van der Waals surface area (Å²) in [6.07, 6.45) is 6.89. The smallest absolute Gasteiger partial charge is 0.194 e. The van der Waals surface area contributed by atoms with Gasteiger partial charge in [-0.3, -0.25) is 4.99 Å². The van der Waals surface area contributed by atoms with Crippen molar-refractivity contribution in [1.29, 1.82) is 0 Å². The first-order valence-electron chi connectivity index (χ1n) is 9.32. The van der Waals surface area contributed by atoms with Gasteiger partial charge in [0.2, 0.25) is 0 Å². The van der Waals surface area contributed by atoms with Gasteiger partial charge in [-0.25, -0.2) is 0 Å². The van der Waals surface area contributed by atoms with Crippen LogP contribution in [0.15, 0.2) is 29.3 Å². The molecule has 132 valence electrons. The normalized spacial score (nSPS) is 27.6. The second-order valence-electron chi connectivity index (χ2n) is 7.77. The maximum Gasteiger partial charge on any atom is 0.194 e. The van der Waals surface area contributed by atoms with E-state index in [1.54, 1.807) is 0 Å². The lowest BCUT2D eigenvalue weighted by Gasteiger charge is -2.38. The SMILES string of the molecule is CCN=C(NC1CC1c1ccccc1C)N1CCC2(CCC2)C1.I. The van der Waals surface area contributed by atoms with Crippen molar-refractivity contribution in [1.82, 2.24) is 10.2 Å². The highest BCUT2D eigenvalue weighted by molar-refractivity contribution is 14.0. The zero-order valence-electron chi connectivity index (χ0n) is 14.9. The average molecular weight is 439 g/mol. The van der Waals surface area contributed by atoms with Gasteiger partial charge in [0, 0.05) is 31.6 Å². The number of aryl methyl sites for hydroxylation is 1. The monoisotopic (exact) mass is 439 g/mol. The van der Waals surface area contributed by atoms with E-state index in [4.69, 9.17) is 4.99 Å². The van der Waals surface area contributed by atoms with E-state index in [-0.39, 0.29) is 24.0 Å². The third-order valence-electron chi connectivity index (χ3n) is 6.15. The molecule has 3 aliphatic rings. The Hall–Kier alpha value is -0.780. The van der Waals surface area contributed by atoms with E-state index < -0.39 is 0 Å². The summed E-state index contributed by atoms with van der Waals surface area (Å²) < 4.78 is 0. The van der Waals surface area contributed by atoms with Gasteiger partial charge in [0.25, 0.3) is 0 Å². The predicted molar refractivity (Wildman–Crippen MR) is 111 cm³/mol. The van der Waals surface area contributed by atoms with Crippen LogP contribution in [0, 0.1) is 12.3 Å². The fraction of sp³-hybridized carbons (Fsp3) is 0.650. The van der Waals surface area contributed by atoms with Crippen LogP contribution in [-0.4, -0.2) is 36.5 Å². The molecule has 1 aliphatic heterocycles. The summed E-state index contributed by atoms with van der Waals surface area (Å²) in [7, 11) is 0. The Morgan fingerprint density at radius 2 is 2.08 bits per heavy atom. The van der Waals surface area contributed by atoms with E-state index >= 15 is 0 Å². The lowest BCUT2D eigenvalue weighted by atomic mass is 9.68. The number of guanidine groups is 1. The highest BCUT2D eigenvalue weighted by Gasteiger charge is 2.45. The molecule has 1 saturated heterocycles. The van der Waals surface area contributed by atoms with Crippen LogP contribution in [0.2, 0.25) is 0 Å². The summed E-state index contributed by atoms with van der Waals surface area (Å²) in [6.45, 7) is 7.65. The molecule has 1 aromatic carbocycles. The summed E-state index contributed by atoms with van der Waals surface area (Å²) in [4.78, 5) is 7.32. The van der Waals surface area contributed by atoms with Crippen LogP contribution >= 0.6 is 24.0 Å². The number of halogens is 1. The molecule has 4 heteroatoms. The van der Waals surface area contributed by atoms with Crippen molar-refractivity contribution in [3.8, 4) is 0 Å². The Kier molecular flexibility index (Phi) is 5.42. The number of hydrogen-bond acceptors (Lipinski definition) is 1. The quantitative estimate of drug-likeness (QED) is 0.432. The first-order chi connectivity index (χ1) is 11.2. The average Bonchev–Trinajstić information content (AvgIpc) is 3.11. The maximum absolute atomic E-state index is 4.79. The number of hydrogen-bond donors (Lipinski definition) is 1. The minimum Gasteiger partial charge on any atom is -0.353 e. The summed E-state index contributed by atoms with van der Waals surface area (Å²) in [5.41, 5.74) is 3.57. The zero-order chi connectivity index (χ0) is 15.9. The van der Waals surface area contributed by atoms with Crippen LogP contribution in [0.5, 0.6) is 0 Å².